The van der Waals surface area contributed by atoms with Gasteiger partial charge in [0.1, 0.15) is 11.6 Å². The van der Waals surface area contributed by atoms with E-state index in [4.69, 9.17) is 4.74 Å². The summed E-state index contributed by atoms with van der Waals surface area (Å²) in [5, 5.41) is 11.9. The molecule has 4 heterocycles. The van der Waals surface area contributed by atoms with Crippen molar-refractivity contribution in [3.8, 4) is 0 Å². The highest BCUT2D eigenvalue weighted by molar-refractivity contribution is 6.06. The Kier molecular flexibility index (Phi) is 5.10. The van der Waals surface area contributed by atoms with Gasteiger partial charge < -0.3 is 24.5 Å². The van der Waals surface area contributed by atoms with E-state index in [0.717, 1.165) is 16.5 Å². The average molecular weight is 488 g/mol. The second-order valence-corrected chi connectivity index (χ2v) is 10.3. The number of amides is 3. The van der Waals surface area contributed by atoms with Crippen LogP contribution in [0.15, 0.2) is 66.8 Å². The summed E-state index contributed by atoms with van der Waals surface area (Å²) in [5.41, 5.74) is -1.63. The van der Waals surface area contributed by atoms with Crippen LogP contribution in [-0.4, -0.2) is 83.2 Å². The normalized spacial score (nSPS) is 33.6. The lowest BCUT2D eigenvalue weighted by molar-refractivity contribution is -0.148. The highest BCUT2D eigenvalue weighted by Crippen LogP contribution is 2.57. The first-order valence-corrected chi connectivity index (χ1v) is 12.3. The number of aliphatic hydroxyl groups is 1. The number of nitrogens with zero attached hydrogens (tertiary/aromatic N) is 3. The standard InChI is InChI=1S/C28H29N3O5/c1-27-11-5-13-29(2)24(33)21(27)22-25(34)31(15-16-32)23-26(35)30(14-6-12-28(22,23)36-27)20-10-9-18-7-3-4-8-19(18)17-20/h3-12,17,21-23,32H,13-16H2,1-2H3/t21-,22-,23?,27+,28-/m0/s1. The first-order chi connectivity index (χ1) is 17.3. The van der Waals surface area contributed by atoms with Gasteiger partial charge >= 0.3 is 0 Å². The summed E-state index contributed by atoms with van der Waals surface area (Å²) in [6.07, 6.45) is 7.42. The number of β-amino-alcohol motifs (C(OH)–C–C–N with tert-alkyl or cyclic N) is 1. The van der Waals surface area contributed by atoms with E-state index < -0.39 is 29.1 Å². The van der Waals surface area contributed by atoms with Crippen molar-refractivity contribution in [3.05, 3.63) is 66.8 Å². The molecule has 0 aromatic heterocycles. The lowest BCUT2D eigenvalue weighted by Gasteiger charge is -2.37. The van der Waals surface area contributed by atoms with Crippen molar-refractivity contribution in [3.63, 3.8) is 0 Å². The molecule has 0 bridgehead atoms. The minimum Gasteiger partial charge on any atom is -0.395 e. The first kappa shape index (κ1) is 22.9. The number of likely N-dealkylation sites (tertiary alicyclic amines) is 1. The van der Waals surface area contributed by atoms with Crippen molar-refractivity contribution >= 4 is 34.2 Å². The number of carbonyl (C=O) groups is 3. The number of anilines is 1. The highest BCUT2D eigenvalue weighted by atomic mass is 16.5. The molecule has 36 heavy (non-hydrogen) atoms. The fourth-order valence-corrected chi connectivity index (χ4v) is 6.57. The Morgan fingerprint density at radius 3 is 2.47 bits per heavy atom. The van der Waals surface area contributed by atoms with E-state index in [1.165, 1.54) is 4.90 Å². The number of ether oxygens (including phenoxy) is 1. The van der Waals surface area contributed by atoms with Crippen LogP contribution in [0.3, 0.4) is 0 Å². The van der Waals surface area contributed by atoms with Gasteiger partial charge in [0.25, 0.3) is 5.91 Å². The van der Waals surface area contributed by atoms with Gasteiger partial charge in [-0.05, 0) is 29.8 Å². The van der Waals surface area contributed by atoms with Crippen LogP contribution in [0.1, 0.15) is 6.92 Å². The van der Waals surface area contributed by atoms with E-state index in [0.29, 0.717) is 13.1 Å². The predicted octanol–water partition coefficient (Wildman–Crippen LogP) is 1.73. The molecule has 5 atom stereocenters. The number of likely N-dealkylation sites (N-methyl/N-ethyl adjacent to an activating group) is 1. The third-order valence-electron chi connectivity index (χ3n) is 8.14. The van der Waals surface area contributed by atoms with Gasteiger partial charge in [-0.3, -0.25) is 14.4 Å². The lowest BCUT2D eigenvalue weighted by atomic mass is 9.74. The molecule has 186 valence electrons. The second kappa shape index (κ2) is 8.01. The molecule has 1 spiro atoms. The number of benzene rings is 2. The fraction of sp³-hybridized carbons (Fsp3) is 0.393. The maximum absolute atomic E-state index is 14.3. The van der Waals surface area contributed by atoms with Crippen LogP contribution >= 0.6 is 0 Å². The van der Waals surface area contributed by atoms with E-state index in [1.54, 1.807) is 16.8 Å². The Hall–Kier alpha value is -3.49. The monoisotopic (exact) mass is 487 g/mol. The molecule has 1 unspecified atom stereocenters. The number of fused-ring (bicyclic) bond motifs is 3. The molecule has 3 amide bonds. The SMILES string of the molecule is CN1CC=C[C@@]2(C)O[C@]34C=CCN(c5ccc6ccccc6c5)C(=O)C3N(CCO)C(=O)[C@@H]4[C@H]2C1=O. The molecule has 2 fully saturated rings. The van der Waals surface area contributed by atoms with Gasteiger partial charge in [-0.1, -0.05) is 54.6 Å². The zero-order chi connectivity index (χ0) is 25.2. The lowest BCUT2D eigenvalue weighted by Crippen LogP contribution is -2.56. The van der Waals surface area contributed by atoms with Crippen LogP contribution in [0.25, 0.3) is 10.8 Å². The van der Waals surface area contributed by atoms with Crippen molar-refractivity contribution < 1.29 is 24.2 Å². The van der Waals surface area contributed by atoms with Crippen LogP contribution in [0.2, 0.25) is 0 Å². The summed E-state index contributed by atoms with van der Waals surface area (Å²) >= 11 is 0. The largest absolute Gasteiger partial charge is 0.395 e. The van der Waals surface area contributed by atoms with Crippen LogP contribution in [0.5, 0.6) is 0 Å². The van der Waals surface area contributed by atoms with Gasteiger partial charge in [-0.25, -0.2) is 0 Å². The minimum absolute atomic E-state index is 0.0143. The van der Waals surface area contributed by atoms with Crippen molar-refractivity contribution in [2.24, 2.45) is 11.8 Å². The summed E-state index contributed by atoms with van der Waals surface area (Å²) in [7, 11) is 1.71. The summed E-state index contributed by atoms with van der Waals surface area (Å²) < 4.78 is 6.71. The topological polar surface area (TPSA) is 90.4 Å². The van der Waals surface area contributed by atoms with Gasteiger partial charge in [0.05, 0.1) is 24.0 Å². The van der Waals surface area contributed by atoms with Gasteiger partial charge in [-0.2, -0.15) is 0 Å². The third-order valence-corrected chi connectivity index (χ3v) is 8.14. The van der Waals surface area contributed by atoms with Crippen LogP contribution in [0.4, 0.5) is 5.69 Å². The molecular weight excluding hydrogens is 458 g/mol. The number of aliphatic hydroxyl groups excluding tert-OH is 1. The Balaban J connectivity index is 1.48. The van der Waals surface area contributed by atoms with Crippen molar-refractivity contribution in [2.75, 3.05) is 38.2 Å². The van der Waals surface area contributed by atoms with Crippen LogP contribution in [-0.2, 0) is 19.1 Å². The number of rotatable bonds is 3. The molecule has 0 radical (unpaired) electrons. The second-order valence-electron chi connectivity index (χ2n) is 10.3. The quantitative estimate of drug-likeness (QED) is 0.666. The summed E-state index contributed by atoms with van der Waals surface area (Å²) in [5.74, 6) is -2.44. The van der Waals surface area contributed by atoms with Gasteiger partial charge in [-0.15, -0.1) is 0 Å². The van der Waals surface area contributed by atoms with Gasteiger partial charge in [0, 0.05) is 32.4 Å². The van der Waals surface area contributed by atoms with Crippen LogP contribution < -0.4 is 4.90 Å². The van der Waals surface area contributed by atoms with E-state index in [9.17, 15) is 19.5 Å². The fourth-order valence-electron chi connectivity index (χ4n) is 6.57. The molecule has 2 saturated heterocycles. The molecule has 0 saturated carbocycles. The molecule has 8 heteroatoms. The maximum atomic E-state index is 14.3. The zero-order valence-electron chi connectivity index (χ0n) is 20.3. The van der Waals surface area contributed by atoms with Crippen molar-refractivity contribution in [1.82, 2.24) is 9.80 Å². The molecule has 6 rings (SSSR count). The summed E-state index contributed by atoms with van der Waals surface area (Å²) in [6.45, 7) is 2.24. The van der Waals surface area contributed by atoms with Gasteiger partial charge in [0.2, 0.25) is 11.8 Å². The molecule has 2 aromatic carbocycles. The molecular formula is C28H29N3O5. The third kappa shape index (κ3) is 3.04. The molecule has 8 nitrogen and oxygen atoms in total. The predicted molar refractivity (Wildman–Crippen MR) is 134 cm³/mol. The van der Waals surface area contributed by atoms with E-state index in [1.807, 2.05) is 73.7 Å². The number of carbonyl (C=O) groups excluding carboxylic acids is 3. The van der Waals surface area contributed by atoms with E-state index in [2.05, 4.69) is 0 Å². The molecule has 4 aliphatic rings. The highest BCUT2D eigenvalue weighted by Gasteiger charge is 2.74. The number of hydrogen-bond acceptors (Lipinski definition) is 5. The number of hydrogen-bond donors (Lipinski definition) is 1. The van der Waals surface area contributed by atoms with Crippen molar-refractivity contribution in [2.45, 2.75) is 24.2 Å². The van der Waals surface area contributed by atoms with E-state index >= 15 is 0 Å². The summed E-state index contributed by atoms with van der Waals surface area (Å²) in [6, 6.07) is 12.8. The smallest absolute Gasteiger partial charge is 0.253 e. The molecule has 2 aromatic rings. The molecule has 0 aliphatic carbocycles. The van der Waals surface area contributed by atoms with E-state index in [-0.39, 0.29) is 30.9 Å². The Bertz CT molecular complexity index is 1340. The van der Waals surface area contributed by atoms with Crippen LogP contribution in [0, 0.1) is 11.8 Å². The first-order valence-electron chi connectivity index (χ1n) is 12.3. The minimum atomic E-state index is -1.31. The summed E-state index contributed by atoms with van der Waals surface area (Å²) in [4.78, 5) is 46.3. The average Bonchev–Trinajstić information content (AvgIpc) is 3.13. The zero-order valence-corrected chi connectivity index (χ0v) is 20.3. The Morgan fingerprint density at radius 1 is 0.944 bits per heavy atom. The molecule has 1 N–H and O–H groups in total. The Labute approximate surface area is 209 Å². The molecule has 4 aliphatic heterocycles. The maximum Gasteiger partial charge on any atom is 0.253 e. The van der Waals surface area contributed by atoms with Gasteiger partial charge in [0.15, 0.2) is 0 Å². The Morgan fingerprint density at radius 2 is 1.69 bits per heavy atom. The van der Waals surface area contributed by atoms with Crippen molar-refractivity contribution in [1.29, 1.82) is 0 Å².